The third kappa shape index (κ3) is 5.19. The average molecular weight is 512 g/mol. The second-order valence-corrected chi connectivity index (χ2v) is 10.3. The molecule has 1 saturated carbocycles. The molecule has 0 spiro atoms. The number of hydrogen-bond acceptors (Lipinski definition) is 7. The highest BCUT2D eigenvalue weighted by Crippen LogP contribution is 2.39. The number of hydrogen-bond donors (Lipinski definition) is 0. The topological polar surface area (TPSA) is 104 Å². The molecule has 2 atom stereocenters. The van der Waals surface area contributed by atoms with Gasteiger partial charge in [0.2, 0.25) is 11.7 Å². The van der Waals surface area contributed by atoms with Crippen molar-refractivity contribution in [3.8, 4) is 11.6 Å². The first-order chi connectivity index (χ1) is 16.5. The van der Waals surface area contributed by atoms with E-state index in [0.717, 1.165) is 24.5 Å². The Morgan fingerprint density at radius 2 is 1.80 bits per heavy atom. The maximum absolute atomic E-state index is 13.2. The Morgan fingerprint density at radius 1 is 1.14 bits per heavy atom. The number of rotatable bonds is 8. The van der Waals surface area contributed by atoms with Crippen LogP contribution in [0.2, 0.25) is 0 Å². The maximum atomic E-state index is 13.2. The van der Waals surface area contributed by atoms with E-state index in [2.05, 4.69) is 15.1 Å². The summed E-state index contributed by atoms with van der Waals surface area (Å²) in [5.74, 6) is -2.34. The van der Waals surface area contributed by atoms with Gasteiger partial charge in [-0.25, -0.2) is 27.5 Å². The first-order valence-corrected chi connectivity index (χ1v) is 12.1. The highest BCUT2D eigenvalue weighted by molar-refractivity contribution is 7.92. The highest BCUT2D eigenvalue weighted by atomic mass is 32.2. The number of ether oxygens (including phenoxy) is 1. The Morgan fingerprint density at radius 3 is 2.34 bits per heavy atom. The molecular formula is C22H20F4N4O4S. The maximum Gasteiger partial charge on any atom is 0.451 e. The van der Waals surface area contributed by atoms with Crippen molar-refractivity contribution in [2.45, 2.75) is 42.0 Å². The summed E-state index contributed by atoms with van der Waals surface area (Å²) < 4.78 is 83.3. The van der Waals surface area contributed by atoms with E-state index >= 15 is 0 Å². The Hall–Kier alpha value is -3.35. The Balaban J connectivity index is 1.45. The summed E-state index contributed by atoms with van der Waals surface area (Å²) in [6, 6.07) is 4.59. The summed E-state index contributed by atoms with van der Waals surface area (Å²) in [5, 5.41) is 3.38. The van der Waals surface area contributed by atoms with Gasteiger partial charge in [0.25, 0.3) is 0 Å². The third-order valence-corrected chi connectivity index (χ3v) is 8.21. The van der Waals surface area contributed by atoms with Crippen molar-refractivity contribution < 1.29 is 35.5 Å². The molecule has 0 radical (unpaired) electrons. The lowest BCUT2D eigenvalue weighted by molar-refractivity contribution is -0.145. The Kier molecular flexibility index (Phi) is 6.62. The van der Waals surface area contributed by atoms with Gasteiger partial charge in [0.1, 0.15) is 17.3 Å². The van der Waals surface area contributed by atoms with Gasteiger partial charge in [-0.3, -0.25) is 4.79 Å². The molecule has 4 rings (SSSR count). The van der Waals surface area contributed by atoms with Gasteiger partial charge in [-0.05, 0) is 43.0 Å². The van der Waals surface area contributed by atoms with Crippen LogP contribution in [0, 0.1) is 11.7 Å². The van der Waals surface area contributed by atoms with Crippen molar-refractivity contribution in [1.82, 2.24) is 19.7 Å². The first kappa shape index (κ1) is 24.8. The van der Waals surface area contributed by atoms with Crippen LogP contribution in [-0.4, -0.2) is 46.3 Å². The number of carbonyl (C=O) groups excluding carboxylic acids is 1. The van der Waals surface area contributed by atoms with E-state index in [0.29, 0.717) is 18.4 Å². The predicted octanol–water partition coefficient (Wildman–Crippen LogP) is 3.58. The Labute approximate surface area is 197 Å². The lowest BCUT2D eigenvalue weighted by Gasteiger charge is -2.35. The molecule has 0 N–H and O–H groups in total. The number of halogens is 4. The fourth-order valence-electron chi connectivity index (χ4n) is 3.96. The van der Waals surface area contributed by atoms with Crippen LogP contribution in [0.25, 0.3) is 5.69 Å². The molecule has 186 valence electrons. The van der Waals surface area contributed by atoms with Crippen LogP contribution in [-0.2, 0) is 27.2 Å². The molecule has 0 bridgehead atoms. The smallest absolute Gasteiger partial charge is 0.451 e. The average Bonchev–Trinajstić information content (AvgIpc) is 3.19. The fraction of sp³-hybridized carbons (Fsp3) is 0.364. The zero-order valence-electron chi connectivity index (χ0n) is 18.4. The van der Waals surface area contributed by atoms with E-state index in [9.17, 15) is 30.8 Å². The number of Topliss-reactive ketones (excluding diaryl/α,β-unsaturated/α-hetero) is 1. The van der Waals surface area contributed by atoms with Gasteiger partial charge in [-0.15, -0.1) is 5.10 Å². The van der Waals surface area contributed by atoms with Gasteiger partial charge in [0.15, 0.2) is 9.84 Å². The van der Waals surface area contributed by atoms with Gasteiger partial charge in [0.05, 0.1) is 29.6 Å². The van der Waals surface area contributed by atoms with Crippen molar-refractivity contribution in [3.63, 3.8) is 0 Å². The number of alkyl halides is 3. The summed E-state index contributed by atoms with van der Waals surface area (Å²) in [4.78, 5) is 19.3. The molecule has 35 heavy (non-hydrogen) atoms. The van der Waals surface area contributed by atoms with E-state index in [1.165, 1.54) is 30.1 Å². The number of nitrogens with zero attached hydrogens (tertiary/aromatic N) is 4. The SMILES string of the molecule is COc1nn(-c2cnc(C(F)(F)F)nc2)cc1CC(=O)C[C@@H]1CC[C@@H]1S(=O)(=O)c1ccc(F)cc1. The molecule has 1 aliphatic carbocycles. The first-order valence-electron chi connectivity index (χ1n) is 10.5. The van der Waals surface area contributed by atoms with Crippen molar-refractivity contribution in [1.29, 1.82) is 0 Å². The number of benzene rings is 1. The second kappa shape index (κ2) is 9.36. The standard InChI is InChI=1S/C22H20F4N4O4S/c1-34-20-14(12-30(29-20)16-10-27-21(28-11-16)22(24,25)26)9-17(31)8-13-2-7-19(13)35(32,33)18-5-3-15(23)4-6-18/h3-6,10-13,19H,2,7-9H2,1H3/t13-,19-/m0/s1. The molecule has 0 amide bonds. The molecular weight excluding hydrogens is 492 g/mol. The third-order valence-electron chi connectivity index (χ3n) is 5.87. The molecule has 2 aromatic heterocycles. The van der Waals surface area contributed by atoms with Crippen LogP contribution in [0.1, 0.15) is 30.7 Å². The highest BCUT2D eigenvalue weighted by Gasteiger charge is 2.42. The van der Waals surface area contributed by atoms with Gasteiger partial charge in [0, 0.05) is 24.6 Å². The second-order valence-electron chi connectivity index (χ2n) is 8.17. The molecule has 2 heterocycles. The molecule has 1 aromatic carbocycles. The van der Waals surface area contributed by atoms with Crippen LogP contribution >= 0.6 is 0 Å². The van der Waals surface area contributed by atoms with E-state index in [1.54, 1.807) is 0 Å². The normalized spacial score (nSPS) is 18.2. The summed E-state index contributed by atoms with van der Waals surface area (Å²) in [5.41, 5.74) is 0.522. The van der Waals surface area contributed by atoms with Gasteiger partial charge in [-0.1, -0.05) is 0 Å². The molecule has 0 aliphatic heterocycles. The molecule has 8 nitrogen and oxygen atoms in total. The van der Waals surface area contributed by atoms with Crippen LogP contribution < -0.4 is 4.74 Å². The van der Waals surface area contributed by atoms with Gasteiger partial charge < -0.3 is 4.74 Å². The van der Waals surface area contributed by atoms with Crippen LogP contribution in [0.4, 0.5) is 17.6 Å². The van der Waals surface area contributed by atoms with Crippen LogP contribution in [0.15, 0.2) is 47.8 Å². The number of sulfone groups is 1. The quantitative estimate of drug-likeness (QED) is 0.336. The minimum absolute atomic E-state index is 0.0164. The van der Waals surface area contributed by atoms with Crippen molar-refractivity contribution in [3.05, 3.63) is 60.1 Å². The molecule has 13 heteroatoms. The van der Waals surface area contributed by atoms with Crippen LogP contribution in [0.3, 0.4) is 0 Å². The Bertz CT molecular complexity index is 1320. The van der Waals surface area contributed by atoms with E-state index in [1.807, 2.05) is 0 Å². The van der Waals surface area contributed by atoms with Gasteiger partial charge >= 0.3 is 6.18 Å². The van der Waals surface area contributed by atoms with Gasteiger partial charge in [-0.2, -0.15) is 13.2 Å². The molecule has 0 unspecified atom stereocenters. The van der Waals surface area contributed by atoms with Crippen LogP contribution in [0.5, 0.6) is 5.88 Å². The zero-order valence-corrected chi connectivity index (χ0v) is 19.2. The number of aromatic nitrogens is 4. The van der Waals surface area contributed by atoms with Crippen molar-refractivity contribution in [2.24, 2.45) is 5.92 Å². The summed E-state index contributed by atoms with van der Waals surface area (Å²) in [6.45, 7) is 0. The minimum atomic E-state index is -4.68. The molecule has 1 fully saturated rings. The number of carbonyl (C=O) groups is 1. The predicted molar refractivity (Wildman–Crippen MR) is 114 cm³/mol. The zero-order chi connectivity index (χ0) is 25.4. The fourth-order valence-corrected chi connectivity index (χ4v) is 6.01. The molecule has 1 aliphatic rings. The summed E-state index contributed by atoms with van der Waals surface area (Å²) >= 11 is 0. The summed E-state index contributed by atoms with van der Waals surface area (Å²) in [6.07, 6.45) is -0.464. The largest absolute Gasteiger partial charge is 0.480 e. The van der Waals surface area contributed by atoms with Crippen molar-refractivity contribution in [2.75, 3.05) is 7.11 Å². The van der Waals surface area contributed by atoms with E-state index in [-0.39, 0.29) is 41.0 Å². The lowest BCUT2D eigenvalue weighted by atomic mass is 9.80. The monoisotopic (exact) mass is 512 g/mol. The van der Waals surface area contributed by atoms with E-state index < -0.39 is 32.9 Å². The molecule has 3 aromatic rings. The number of methoxy groups -OCH3 is 1. The van der Waals surface area contributed by atoms with E-state index in [4.69, 9.17) is 4.74 Å². The molecule has 0 saturated heterocycles. The van der Waals surface area contributed by atoms with Crippen molar-refractivity contribution >= 4 is 15.6 Å². The lowest BCUT2D eigenvalue weighted by Crippen LogP contribution is -2.40. The number of ketones is 1. The minimum Gasteiger partial charge on any atom is -0.480 e. The summed E-state index contributed by atoms with van der Waals surface area (Å²) in [7, 11) is -2.37.